The van der Waals surface area contributed by atoms with Crippen molar-refractivity contribution < 1.29 is 4.92 Å². The molecule has 98 valence electrons. The quantitative estimate of drug-likeness (QED) is 0.618. The van der Waals surface area contributed by atoms with Gasteiger partial charge in [-0.05, 0) is 17.7 Å². The summed E-state index contributed by atoms with van der Waals surface area (Å²) < 4.78 is 0. The molecule has 5 heteroatoms. The lowest BCUT2D eigenvalue weighted by Gasteiger charge is -2.08. The molecule has 0 amide bonds. The van der Waals surface area contributed by atoms with Crippen LogP contribution in [0.3, 0.4) is 0 Å². The number of non-ortho nitro benzene ring substituents is 1. The molecule has 0 saturated heterocycles. The first-order valence-corrected chi connectivity index (χ1v) is 6.18. The third-order valence-corrected chi connectivity index (χ3v) is 3.17. The number of nitro benzene ring substituents is 1. The summed E-state index contributed by atoms with van der Waals surface area (Å²) in [4.78, 5) is 10.3. The molecule has 20 heavy (non-hydrogen) atoms. The predicted molar refractivity (Wildman–Crippen MR) is 77.4 cm³/mol. The van der Waals surface area contributed by atoms with E-state index in [4.69, 9.17) is 0 Å². The van der Waals surface area contributed by atoms with E-state index in [1.807, 2.05) is 24.3 Å². The fraction of sp³-hybridized carbons (Fsp3) is 0.0667. The van der Waals surface area contributed by atoms with Gasteiger partial charge in [0, 0.05) is 35.9 Å². The van der Waals surface area contributed by atoms with E-state index in [9.17, 15) is 10.1 Å². The highest BCUT2D eigenvalue weighted by Crippen LogP contribution is 2.20. The van der Waals surface area contributed by atoms with E-state index < -0.39 is 4.92 Å². The van der Waals surface area contributed by atoms with E-state index in [0.29, 0.717) is 0 Å². The van der Waals surface area contributed by atoms with Crippen LogP contribution in [0, 0.1) is 10.1 Å². The zero-order chi connectivity index (χ0) is 13.9. The van der Waals surface area contributed by atoms with Crippen molar-refractivity contribution in [2.24, 2.45) is 10.2 Å². The van der Waals surface area contributed by atoms with Crippen LogP contribution in [0.1, 0.15) is 16.7 Å². The second-order valence-corrected chi connectivity index (χ2v) is 4.41. The summed E-state index contributed by atoms with van der Waals surface area (Å²) in [6, 6.07) is 14.3. The lowest BCUT2D eigenvalue weighted by Crippen LogP contribution is -2.05. The van der Waals surface area contributed by atoms with Crippen molar-refractivity contribution >= 4 is 17.6 Å². The molecule has 0 spiro atoms. The third kappa shape index (κ3) is 2.21. The monoisotopic (exact) mass is 265 g/mol. The van der Waals surface area contributed by atoms with Crippen molar-refractivity contribution in [1.82, 2.24) is 0 Å². The van der Waals surface area contributed by atoms with Crippen molar-refractivity contribution in [3.63, 3.8) is 0 Å². The van der Waals surface area contributed by atoms with Crippen molar-refractivity contribution in [3.05, 3.63) is 75.3 Å². The topological polar surface area (TPSA) is 67.9 Å². The van der Waals surface area contributed by atoms with Crippen molar-refractivity contribution in [2.45, 2.75) is 6.42 Å². The van der Waals surface area contributed by atoms with Gasteiger partial charge in [0.1, 0.15) is 5.71 Å². The fourth-order valence-corrected chi connectivity index (χ4v) is 2.18. The molecule has 1 aliphatic rings. The number of rotatable bonds is 2. The average molecular weight is 265 g/mol. The highest BCUT2D eigenvalue weighted by molar-refractivity contribution is 6.14. The number of nitrogens with zero attached hydrogens (tertiary/aromatic N) is 3. The second-order valence-electron chi connectivity index (χ2n) is 4.41. The van der Waals surface area contributed by atoms with Gasteiger partial charge in [0.2, 0.25) is 0 Å². The summed E-state index contributed by atoms with van der Waals surface area (Å²) in [6.45, 7) is 0. The van der Waals surface area contributed by atoms with Crippen LogP contribution in [0.5, 0.6) is 0 Å². The standard InChI is InChI=1S/C15H11N3O2/c19-18(20)13-7-5-12(6-8-13)15-14-4-2-1-3-11(14)9-10-16-17-15/h1-8,10H,9H2. The smallest absolute Gasteiger partial charge is 0.258 e. The van der Waals surface area contributed by atoms with Gasteiger partial charge in [-0.3, -0.25) is 10.1 Å². The SMILES string of the molecule is O=[N+]([O-])c1ccc(C2=NN=CCc3ccccc32)cc1. The molecule has 0 radical (unpaired) electrons. The maximum absolute atomic E-state index is 10.7. The third-order valence-electron chi connectivity index (χ3n) is 3.17. The number of benzene rings is 2. The Morgan fingerprint density at radius 2 is 1.80 bits per heavy atom. The highest BCUT2D eigenvalue weighted by Gasteiger charge is 2.14. The molecule has 0 N–H and O–H groups in total. The first kappa shape index (κ1) is 12.2. The van der Waals surface area contributed by atoms with E-state index in [1.54, 1.807) is 18.3 Å². The van der Waals surface area contributed by atoms with E-state index >= 15 is 0 Å². The Balaban J connectivity index is 2.07. The van der Waals surface area contributed by atoms with Gasteiger partial charge < -0.3 is 0 Å². The average Bonchev–Trinajstić information content (AvgIpc) is 2.69. The molecular formula is C15H11N3O2. The molecule has 0 atom stereocenters. The molecule has 5 nitrogen and oxygen atoms in total. The largest absolute Gasteiger partial charge is 0.269 e. The van der Waals surface area contributed by atoms with Crippen LogP contribution in [-0.4, -0.2) is 16.8 Å². The summed E-state index contributed by atoms with van der Waals surface area (Å²) >= 11 is 0. The number of nitro groups is 1. The first-order valence-electron chi connectivity index (χ1n) is 6.18. The molecule has 0 fully saturated rings. The highest BCUT2D eigenvalue weighted by atomic mass is 16.6. The summed E-state index contributed by atoms with van der Waals surface area (Å²) in [6.07, 6.45) is 2.49. The van der Waals surface area contributed by atoms with Crippen molar-refractivity contribution in [2.75, 3.05) is 0 Å². The molecule has 2 aromatic carbocycles. The molecule has 0 unspecified atom stereocenters. The summed E-state index contributed by atoms with van der Waals surface area (Å²) in [7, 11) is 0. The van der Waals surface area contributed by atoms with Gasteiger partial charge in [-0.15, -0.1) is 0 Å². The van der Waals surface area contributed by atoms with Crippen molar-refractivity contribution in [1.29, 1.82) is 0 Å². The Morgan fingerprint density at radius 3 is 2.55 bits per heavy atom. The molecule has 1 heterocycles. The van der Waals surface area contributed by atoms with Crippen molar-refractivity contribution in [3.8, 4) is 0 Å². The van der Waals surface area contributed by atoms with Crippen LogP contribution < -0.4 is 0 Å². The Bertz CT molecular complexity index is 718. The molecule has 0 aromatic heterocycles. The zero-order valence-electron chi connectivity index (χ0n) is 10.6. The van der Waals surface area contributed by atoms with Gasteiger partial charge in [0.25, 0.3) is 5.69 Å². The molecule has 1 aliphatic heterocycles. The van der Waals surface area contributed by atoms with Crippen LogP contribution in [-0.2, 0) is 6.42 Å². The van der Waals surface area contributed by atoms with Crippen LogP contribution in [0.15, 0.2) is 58.7 Å². The Kier molecular flexibility index (Phi) is 3.09. The molecule has 0 aliphatic carbocycles. The van der Waals surface area contributed by atoms with Gasteiger partial charge in [-0.25, -0.2) is 0 Å². The van der Waals surface area contributed by atoms with E-state index in [2.05, 4.69) is 10.2 Å². The van der Waals surface area contributed by atoms with Gasteiger partial charge in [-0.1, -0.05) is 24.3 Å². The van der Waals surface area contributed by atoms with E-state index in [-0.39, 0.29) is 5.69 Å². The maximum atomic E-state index is 10.7. The number of fused-ring (bicyclic) bond motifs is 1. The molecular weight excluding hydrogens is 254 g/mol. The number of hydrogen-bond acceptors (Lipinski definition) is 4. The predicted octanol–water partition coefficient (Wildman–Crippen LogP) is 2.97. The Morgan fingerprint density at radius 1 is 1.05 bits per heavy atom. The number of hydrogen-bond donors (Lipinski definition) is 0. The van der Waals surface area contributed by atoms with E-state index in [1.165, 1.54) is 12.1 Å². The molecule has 3 rings (SSSR count). The van der Waals surface area contributed by atoms with E-state index in [0.717, 1.165) is 28.8 Å². The molecule has 2 aromatic rings. The van der Waals surface area contributed by atoms with Gasteiger partial charge in [0.05, 0.1) is 4.92 Å². The Labute approximate surface area is 115 Å². The van der Waals surface area contributed by atoms with Crippen LogP contribution in [0.4, 0.5) is 5.69 Å². The van der Waals surface area contributed by atoms with Crippen LogP contribution >= 0.6 is 0 Å². The van der Waals surface area contributed by atoms with Gasteiger partial charge in [-0.2, -0.15) is 10.2 Å². The Hall–Kier alpha value is -2.82. The fourth-order valence-electron chi connectivity index (χ4n) is 2.18. The van der Waals surface area contributed by atoms with Gasteiger partial charge >= 0.3 is 0 Å². The van der Waals surface area contributed by atoms with Crippen LogP contribution in [0.25, 0.3) is 0 Å². The lowest BCUT2D eigenvalue weighted by atomic mass is 9.96. The summed E-state index contributed by atoms with van der Waals surface area (Å²) in [5.74, 6) is 0. The lowest BCUT2D eigenvalue weighted by molar-refractivity contribution is -0.384. The summed E-state index contributed by atoms with van der Waals surface area (Å²) in [5.41, 5.74) is 3.79. The van der Waals surface area contributed by atoms with Gasteiger partial charge in [0.15, 0.2) is 0 Å². The van der Waals surface area contributed by atoms with Crippen LogP contribution in [0.2, 0.25) is 0 Å². The summed E-state index contributed by atoms with van der Waals surface area (Å²) in [5, 5.41) is 18.9. The zero-order valence-corrected chi connectivity index (χ0v) is 10.6. The minimum Gasteiger partial charge on any atom is -0.258 e. The second kappa shape index (κ2) is 5.05. The minimum atomic E-state index is -0.412. The minimum absolute atomic E-state index is 0.0692. The maximum Gasteiger partial charge on any atom is 0.269 e. The first-order chi connectivity index (χ1) is 9.75. The molecule has 0 saturated carbocycles. The molecule has 0 bridgehead atoms. The normalized spacial score (nSPS) is 13.3.